The number of rotatable bonds is 6. The second-order valence-corrected chi connectivity index (χ2v) is 2.43. The van der Waals surface area contributed by atoms with Crippen LogP contribution in [-0.4, -0.2) is 11.7 Å². The maximum Gasteiger partial charge on any atom is 0.0433 e. The Bertz CT molecular complexity index is 86.9. The summed E-state index contributed by atoms with van der Waals surface area (Å²) in [5.74, 6) is 0.542. The molecule has 0 aromatic rings. The van der Waals surface area contributed by atoms with Gasteiger partial charge in [0.1, 0.15) is 0 Å². The largest absolute Gasteiger partial charge is 0.396 e. The van der Waals surface area contributed by atoms with Crippen molar-refractivity contribution in [2.75, 3.05) is 6.61 Å². The molecule has 0 aliphatic carbocycles. The van der Waals surface area contributed by atoms with Crippen molar-refractivity contribution in [2.45, 2.75) is 19.3 Å². The molecule has 0 heterocycles. The van der Waals surface area contributed by atoms with Crippen LogP contribution in [0.25, 0.3) is 0 Å². The van der Waals surface area contributed by atoms with Crippen molar-refractivity contribution >= 4 is 0 Å². The molecule has 1 N–H and O–H groups in total. The fraction of sp³-hybridized carbons (Fsp3) is 0.556. The molecule has 0 fully saturated rings. The molecular weight excluding hydrogens is 124 g/mol. The van der Waals surface area contributed by atoms with Gasteiger partial charge in [-0.3, -0.25) is 0 Å². The number of hydrogen-bond acceptors (Lipinski definition) is 1. The fourth-order valence-electron chi connectivity index (χ4n) is 0.986. The van der Waals surface area contributed by atoms with E-state index in [-0.39, 0.29) is 6.61 Å². The van der Waals surface area contributed by atoms with Crippen LogP contribution < -0.4 is 0 Å². The Balaban J connectivity index is 3.48. The molecule has 0 aromatic heterocycles. The third kappa shape index (κ3) is 4.33. The Labute approximate surface area is 63.1 Å². The van der Waals surface area contributed by atoms with E-state index in [2.05, 4.69) is 13.2 Å². The van der Waals surface area contributed by atoms with Gasteiger partial charge in [0.2, 0.25) is 0 Å². The first-order valence-electron chi connectivity index (χ1n) is 3.67. The van der Waals surface area contributed by atoms with Crippen molar-refractivity contribution in [2.24, 2.45) is 5.92 Å². The molecule has 0 atom stereocenters. The van der Waals surface area contributed by atoms with E-state index >= 15 is 0 Å². The van der Waals surface area contributed by atoms with Gasteiger partial charge < -0.3 is 5.11 Å². The van der Waals surface area contributed by atoms with Crippen molar-refractivity contribution in [1.82, 2.24) is 0 Å². The maximum absolute atomic E-state index is 8.62. The van der Waals surface area contributed by atoms with Gasteiger partial charge >= 0.3 is 0 Å². The molecule has 0 saturated carbocycles. The zero-order valence-corrected chi connectivity index (χ0v) is 6.42. The molecular formula is C9H16O. The van der Waals surface area contributed by atoms with Gasteiger partial charge in [-0.15, -0.1) is 13.2 Å². The van der Waals surface area contributed by atoms with Gasteiger partial charge in [-0.05, 0) is 25.2 Å². The van der Waals surface area contributed by atoms with E-state index in [4.69, 9.17) is 5.11 Å². The minimum atomic E-state index is 0.270. The maximum atomic E-state index is 8.62. The Morgan fingerprint density at radius 1 is 1.20 bits per heavy atom. The van der Waals surface area contributed by atoms with Crippen LogP contribution in [0.4, 0.5) is 0 Å². The summed E-state index contributed by atoms with van der Waals surface area (Å²) in [6, 6.07) is 0. The van der Waals surface area contributed by atoms with Gasteiger partial charge in [-0.25, -0.2) is 0 Å². The normalized spacial score (nSPS) is 9.80. The molecule has 0 saturated heterocycles. The Kier molecular flexibility index (Phi) is 6.19. The summed E-state index contributed by atoms with van der Waals surface area (Å²) >= 11 is 0. The van der Waals surface area contributed by atoms with E-state index in [1.165, 1.54) is 0 Å². The Hall–Kier alpha value is -0.560. The molecule has 10 heavy (non-hydrogen) atoms. The van der Waals surface area contributed by atoms with Crippen LogP contribution in [0, 0.1) is 5.92 Å². The van der Waals surface area contributed by atoms with Gasteiger partial charge in [0.25, 0.3) is 0 Å². The monoisotopic (exact) mass is 140 g/mol. The van der Waals surface area contributed by atoms with Crippen LogP contribution in [0.5, 0.6) is 0 Å². The molecule has 0 aliphatic rings. The van der Waals surface area contributed by atoms with Crippen molar-refractivity contribution < 1.29 is 5.11 Å². The predicted molar refractivity (Wildman–Crippen MR) is 44.8 cm³/mol. The Morgan fingerprint density at radius 2 is 1.70 bits per heavy atom. The van der Waals surface area contributed by atoms with Gasteiger partial charge in [0.15, 0.2) is 0 Å². The first-order valence-corrected chi connectivity index (χ1v) is 3.67. The highest BCUT2D eigenvalue weighted by atomic mass is 16.3. The highest BCUT2D eigenvalue weighted by Gasteiger charge is 2.02. The van der Waals surface area contributed by atoms with E-state index in [1.54, 1.807) is 0 Å². The SMILES string of the molecule is C=CCC(CC=C)CCO. The second-order valence-electron chi connectivity index (χ2n) is 2.43. The van der Waals surface area contributed by atoms with Crippen molar-refractivity contribution in [3.63, 3.8) is 0 Å². The average Bonchev–Trinajstić information content (AvgIpc) is 1.90. The summed E-state index contributed by atoms with van der Waals surface area (Å²) in [5.41, 5.74) is 0. The standard InChI is InChI=1S/C9H16O/c1-3-5-9(6-4-2)7-8-10/h3-4,9-10H,1-2,5-8H2. The van der Waals surface area contributed by atoms with Crippen LogP contribution in [0.15, 0.2) is 25.3 Å². The minimum Gasteiger partial charge on any atom is -0.396 e. The van der Waals surface area contributed by atoms with E-state index in [9.17, 15) is 0 Å². The molecule has 58 valence electrons. The summed E-state index contributed by atoms with van der Waals surface area (Å²) in [4.78, 5) is 0. The van der Waals surface area contributed by atoms with Gasteiger partial charge in [0.05, 0.1) is 0 Å². The molecule has 0 aliphatic heterocycles. The summed E-state index contributed by atoms with van der Waals surface area (Å²) in [6.07, 6.45) is 6.60. The van der Waals surface area contributed by atoms with Gasteiger partial charge in [0, 0.05) is 6.61 Å². The number of allylic oxidation sites excluding steroid dienone is 2. The molecule has 0 bridgehead atoms. The van der Waals surface area contributed by atoms with E-state index < -0.39 is 0 Å². The minimum absolute atomic E-state index is 0.270. The number of aliphatic hydroxyl groups excluding tert-OH is 1. The average molecular weight is 140 g/mol. The molecule has 0 amide bonds. The predicted octanol–water partition coefficient (Wildman–Crippen LogP) is 2.14. The third-order valence-electron chi connectivity index (χ3n) is 1.54. The molecule has 0 unspecified atom stereocenters. The fourth-order valence-corrected chi connectivity index (χ4v) is 0.986. The van der Waals surface area contributed by atoms with E-state index in [0.29, 0.717) is 5.92 Å². The lowest BCUT2D eigenvalue weighted by Crippen LogP contribution is -2.00. The zero-order chi connectivity index (χ0) is 7.82. The molecule has 1 nitrogen and oxygen atoms in total. The lowest BCUT2D eigenvalue weighted by atomic mass is 9.98. The number of aliphatic hydroxyl groups is 1. The molecule has 0 rings (SSSR count). The number of hydrogen-bond donors (Lipinski definition) is 1. The molecule has 1 heteroatoms. The summed E-state index contributed by atoms with van der Waals surface area (Å²) in [5, 5.41) is 8.62. The second kappa shape index (κ2) is 6.56. The Morgan fingerprint density at radius 3 is 2.00 bits per heavy atom. The van der Waals surface area contributed by atoms with Crippen molar-refractivity contribution in [1.29, 1.82) is 0 Å². The zero-order valence-electron chi connectivity index (χ0n) is 6.42. The van der Waals surface area contributed by atoms with Crippen LogP contribution >= 0.6 is 0 Å². The quantitative estimate of drug-likeness (QED) is 0.560. The van der Waals surface area contributed by atoms with Crippen LogP contribution in [0.1, 0.15) is 19.3 Å². The molecule has 0 aromatic carbocycles. The smallest absolute Gasteiger partial charge is 0.0433 e. The summed E-state index contributed by atoms with van der Waals surface area (Å²) < 4.78 is 0. The van der Waals surface area contributed by atoms with Crippen LogP contribution in [0.3, 0.4) is 0 Å². The lowest BCUT2D eigenvalue weighted by Gasteiger charge is -2.09. The molecule has 0 radical (unpaired) electrons. The third-order valence-corrected chi connectivity index (χ3v) is 1.54. The topological polar surface area (TPSA) is 20.2 Å². The van der Waals surface area contributed by atoms with Crippen LogP contribution in [-0.2, 0) is 0 Å². The van der Waals surface area contributed by atoms with E-state index in [0.717, 1.165) is 19.3 Å². The van der Waals surface area contributed by atoms with Gasteiger partial charge in [-0.2, -0.15) is 0 Å². The first-order chi connectivity index (χ1) is 4.85. The summed E-state index contributed by atoms with van der Waals surface area (Å²) in [7, 11) is 0. The summed E-state index contributed by atoms with van der Waals surface area (Å²) in [6.45, 7) is 7.57. The first kappa shape index (κ1) is 9.44. The highest BCUT2D eigenvalue weighted by Crippen LogP contribution is 2.13. The highest BCUT2D eigenvalue weighted by molar-refractivity contribution is 4.79. The molecule has 0 spiro atoms. The van der Waals surface area contributed by atoms with Crippen LogP contribution in [0.2, 0.25) is 0 Å². The van der Waals surface area contributed by atoms with Gasteiger partial charge in [-0.1, -0.05) is 12.2 Å². The van der Waals surface area contributed by atoms with E-state index in [1.807, 2.05) is 12.2 Å². The lowest BCUT2D eigenvalue weighted by molar-refractivity contribution is 0.258. The van der Waals surface area contributed by atoms with Crippen molar-refractivity contribution in [3.8, 4) is 0 Å². The van der Waals surface area contributed by atoms with Crippen molar-refractivity contribution in [3.05, 3.63) is 25.3 Å².